The van der Waals surface area contributed by atoms with E-state index in [0.717, 1.165) is 15.5 Å². The molecular weight excluding hydrogens is 443 g/mol. The van der Waals surface area contributed by atoms with E-state index in [0.29, 0.717) is 48.1 Å². The Kier molecular flexibility index (Phi) is 7.13. The van der Waals surface area contributed by atoms with Crippen molar-refractivity contribution in [1.29, 1.82) is 0 Å². The fraction of sp³-hybridized carbons (Fsp3) is 0.227. The van der Waals surface area contributed by atoms with Crippen LogP contribution in [0.25, 0.3) is 22.5 Å². The van der Waals surface area contributed by atoms with Gasteiger partial charge >= 0.3 is 0 Å². The minimum absolute atomic E-state index is 0.193. The van der Waals surface area contributed by atoms with Crippen LogP contribution in [-0.2, 0) is 13.0 Å². The smallest absolute Gasteiger partial charge is 0.157 e. The van der Waals surface area contributed by atoms with Crippen LogP contribution in [0.2, 0.25) is 0 Å². The number of aliphatic hydroxyl groups excluding tert-OH is 1. The number of hydrogen-bond donors (Lipinski definition) is 4. The van der Waals surface area contributed by atoms with Crippen LogP contribution < -0.4 is 10.6 Å². The molecule has 4 heterocycles. The molecule has 11 heteroatoms. The summed E-state index contributed by atoms with van der Waals surface area (Å²) >= 11 is 1.47. The summed E-state index contributed by atoms with van der Waals surface area (Å²) in [6.45, 7) is 8.56. The Hall–Kier alpha value is -3.54. The zero-order valence-corrected chi connectivity index (χ0v) is 18.6. The molecule has 0 saturated carbocycles. The number of imidazole rings is 1. The van der Waals surface area contributed by atoms with Crippen LogP contribution in [0.3, 0.4) is 0 Å². The number of aliphatic hydroxyl groups is 1. The third-order valence-electron chi connectivity index (χ3n) is 4.84. The van der Waals surface area contributed by atoms with E-state index in [9.17, 15) is 9.50 Å². The Morgan fingerprint density at radius 3 is 2.85 bits per heavy atom. The zero-order chi connectivity index (χ0) is 23.2. The molecule has 4 rings (SSSR count). The Morgan fingerprint density at radius 2 is 2.09 bits per heavy atom. The van der Waals surface area contributed by atoms with Crippen LogP contribution in [0, 0.1) is 5.82 Å². The van der Waals surface area contributed by atoms with Crippen LogP contribution in [0.4, 0.5) is 10.2 Å². The van der Waals surface area contributed by atoms with Gasteiger partial charge in [-0.3, -0.25) is 4.98 Å². The largest absolute Gasteiger partial charge is 0.384 e. The number of halogens is 1. The molecule has 0 spiro atoms. The van der Waals surface area contributed by atoms with Crippen LogP contribution in [0.5, 0.6) is 0 Å². The molecular formula is C22H23FN8OS. The average Bonchev–Trinajstić information content (AvgIpc) is 3.45. The third kappa shape index (κ3) is 5.28. The van der Waals surface area contributed by atoms with Gasteiger partial charge in [0.25, 0.3) is 0 Å². The van der Waals surface area contributed by atoms with Gasteiger partial charge in [0.15, 0.2) is 5.82 Å². The van der Waals surface area contributed by atoms with Gasteiger partial charge in [-0.1, -0.05) is 24.5 Å². The number of anilines is 1. The van der Waals surface area contributed by atoms with E-state index in [1.807, 2.05) is 0 Å². The standard InChI is InChI=1S/C22H23FN8OS/c1-3-14-15(4-2)30-20(29-14)17(32)11-24-9-7-18-31-19-21(27-12-28-22(19)33-18)26-10-16-13(23)6-5-8-25-16/h3-6,8,12,17,24,32H,1-2,7,9-11H2,(H,29,30)(H,26,27,28). The van der Waals surface area contributed by atoms with Gasteiger partial charge in [0, 0.05) is 25.7 Å². The molecule has 0 aliphatic heterocycles. The van der Waals surface area contributed by atoms with Crippen molar-refractivity contribution in [1.82, 2.24) is 35.2 Å². The molecule has 170 valence electrons. The molecule has 0 fully saturated rings. The van der Waals surface area contributed by atoms with Crippen LogP contribution in [-0.4, -0.2) is 48.1 Å². The number of thiazole rings is 1. The van der Waals surface area contributed by atoms with E-state index < -0.39 is 6.10 Å². The Balaban J connectivity index is 1.33. The van der Waals surface area contributed by atoms with Gasteiger partial charge in [0.1, 0.15) is 34.4 Å². The molecule has 33 heavy (non-hydrogen) atoms. The molecule has 0 aliphatic rings. The van der Waals surface area contributed by atoms with Crippen LogP contribution >= 0.6 is 11.3 Å². The Bertz CT molecular complexity index is 1250. The number of nitrogens with zero attached hydrogens (tertiary/aromatic N) is 5. The summed E-state index contributed by atoms with van der Waals surface area (Å²) < 4.78 is 13.8. The molecule has 4 aromatic heterocycles. The summed E-state index contributed by atoms with van der Waals surface area (Å²) in [5, 5.41) is 17.6. The SMILES string of the molecule is C=Cc1nc(C(O)CNCCc2nc3c(NCc4ncccc4F)ncnc3s2)[nH]c1C=C. The van der Waals surface area contributed by atoms with E-state index >= 15 is 0 Å². The molecule has 0 aromatic carbocycles. The number of hydrogen-bond acceptors (Lipinski definition) is 9. The molecule has 9 nitrogen and oxygen atoms in total. The Morgan fingerprint density at radius 1 is 1.21 bits per heavy atom. The lowest BCUT2D eigenvalue weighted by Crippen LogP contribution is -2.24. The normalized spacial score (nSPS) is 12.1. The lowest BCUT2D eigenvalue weighted by atomic mass is 10.3. The number of aromatic nitrogens is 6. The van der Waals surface area contributed by atoms with E-state index in [1.165, 1.54) is 23.7 Å². The fourth-order valence-electron chi connectivity index (χ4n) is 3.17. The lowest BCUT2D eigenvalue weighted by molar-refractivity contribution is 0.166. The summed E-state index contributed by atoms with van der Waals surface area (Å²) in [5.74, 6) is 0.617. The quantitative estimate of drug-likeness (QED) is 0.249. The van der Waals surface area contributed by atoms with Gasteiger partial charge in [-0.05, 0) is 24.3 Å². The first-order valence-electron chi connectivity index (χ1n) is 10.3. The minimum Gasteiger partial charge on any atom is -0.384 e. The number of aromatic amines is 1. The molecule has 0 aliphatic carbocycles. The maximum Gasteiger partial charge on any atom is 0.157 e. The highest BCUT2D eigenvalue weighted by Gasteiger charge is 2.15. The monoisotopic (exact) mass is 466 g/mol. The van der Waals surface area contributed by atoms with Crippen LogP contribution in [0.15, 0.2) is 37.8 Å². The molecule has 0 bridgehead atoms. The van der Waals surface area contributed by atoms with Gasteiger partial charge in [-0.2, -0.15) is 0 Å². The molecule has 1 atom stereocenters. The van der Waals surface area contributed by atoms with Gasteiger partial charge in [0.05, 0.1) is 28.6 Å². The first-order valence-corrected chi connectivity index (χ1v) is 11.1. The number of fused-ring (bicyclic) bond motifs is 1. The number of H-pyrrole nitrogens is 1. The average molecular weight is 467 g/mol. The second-order valence-electron chi connectivity index (χ2n) is 7.07. The summed E-state index contributed by atoms with van der Waals surface area (Å²) in [5.41, 5.74) is 2.33. The Labute approximate surface area is 193 Å². The van der Waals surface area contributed by atoms with Crippen molar-refractivity contribution in [3.63, 3.8) is 0 Å². The summed E-state index contributed by atoms with van der Waals surface area (Å²) in [6, 6.07) is 2.92. The number of rotatable bonds is 11. The van der Waals surface area contributed by atoms with Crippen molar-refractivity contribution in [2.45, 2.75) is 19.1 Å². The second-order valence-corrected chi connectivity index (χ2v) is 8.13. The van der Waals surface area contributed by atoms with Gasteiger partial charge in [-0.15, -0.1) is 0 Å². The van der Waals surface area contributed by atoms with Crippen molar-refractivity contribution in [3.05, 3.63) is 71.5 Å². The molecule has 0 amide bonds. The maximum absolute atomic E-state index is 13.8. The summed E-state index contributed by atoms with van der Waals surface area (Å²) in [4.78, 5) is 25.3. The van der Waals surface area contributed by atoms with Crippen LogP contribution in [0.1, 0.15) is 34.0 Å². The predicted molar refractivity (Wildman–Crippen MR) is 127 cm³/mol. The maximum atomic E-state index is 13.8. The summed E-state index contributed by atoms with van der Waals surface area (Å²) in [6.07, 6.45) is 6.11. The molecule has 0 radical (unpaired) electrons. The highest BCUT2D eigenvalue weighted by molar-refractivity contribution is 7.18. The van der Waals surface area contributed by atoms with E-state index in [1.54, 1.807) is 24.4 Å². The van der Waals surface area contributed by atoms with Gasteiger partial charge in [-0.25, -0.2) is 24.3 Å². The van der Waals surface area contributed by atoms with E-state index in [4.69, 9.17) is 0 Å². The second kappa shape index (κ2) is 10.4. The predicted octanol–water partition coefficient (Wildman–Crippen LogP) is 3.11. The van der Waals surface area contributed by atoms with Gasteiger partial charge < -0.3 is 20.7 Å². The first-order chi connectivity index (χ1) is 16.1. The molecule has 4 aromatic rings. The topological polar surface area (TPSA) is 125 Å². The van der Waals surface area contributed by atoms with Gasteiger partial charge in [0.2, 0.25) is 0 Å². The number of nitrogens with one attached hydrogen (secondary N) is 3. The molecule has 0 saturated heterocycles. The highest BCUT2D eigenvalue weighted by Crippen LogP contribution is 2.25. The lowest BCUT2D eigenvalue weighted by Gasteiger charge is -2.08. The highest BCUT2D eigenvalue weighted by atomic mass is 32.1. The van der Waals surface area contributed by atoms with Crippen molar-refractivity contribution in [3.8, 4) is 0 Å². The first kappa shape index (κ1) is 22.6. The van der Waals surface area contributed by atoms with E-state index in [2.05, 4.69) is 53.7 Å². The third-order valence-corrected chi connectivity index (χ3v) is 5.87. The molecule has 4 N–H and O–H groups in total. The minimum atomic E-state index is -0.790. The van der Waals surface area contributed by atoms with Crippen molar-refractivity contribution in [2.24, 2.45) is 0 Å². The van der Waals surface area contributed by atoms with E-state index in [-0.39, 0.29) is 12.4 Å². The van der Waals surface area contributed by atoms with Crippen molar-refractivity contribution in [2.75, 3.05) is 18.4 Å². The van der Waals surface area contributed by atoms with Crippen molar-refractivity contribution < 1.29 is 9.50 Å². The summed E-state index contributed by atoms with van der Waals surface area (Å²) in [7, 11) is 0. The fourth-order valence-corrected chi connectivity index (χ4v) is 4.07. The number of pyridine rings is 1. The van der Waals surface area contributed by atoms with Crippen molar-refractivity contribution >= 4 is 39.7 Å². The zero-order valence-electron chi connectivity index (χ0n) is 17.8. The molecule has 1 unspecified atom stereocenters.